The Balaban J connectivity index is 1.24. The van der Waals surface area contributed by atoms with Gasteiger partial charge in [0, 0.05) is 35.6 Å². The first-order chi connectivity index (χ1) is 22.8. The van der Waals surface area contributed by atoms with Crippen LogP contribution in [-0.2, 0) is 29.5 Å². The van der Waals surface area contributed by atoms with Gasteiger partial charge in [-0.25, -0.2) is 14.8 Å². The lowest BCUT2D eigenvalue weighted by Crippen LogP contribution is -2.50. The van der Waals surface area contributed by atoms with Gasteiger partial charge in [0.1, 0.15) is 16.6 Å². The third-order valence-electron chi connectivity index (χ3n) is 11.9. The first-order valence-electron chi connectivity index (χ1n) is 17.2. The van der Waals surface area contributed by atoms with E-state index in [1.54, 1.807) is 11.3 Å². The number of hydrogen-bond acceptors (Lipinski definition) is 11. The third kappa shape index (κ3) is 4.10. The first-order valence-corrected chi connectivity index (χ1v) is 18.0. The van der Waals surface area contributed by atoms with Crippen molar-refractivity contribution in [1.29, 1.82) is 5.26 Å². The van der Waals surface area contributed by atoms with E-state index in [9.17, 15) is 10.1 Å². The monoisotopic (exact) mass is 655 g/mol. The van der Waals surface area contributed by atoms with Crippen molar-refractivity contribution in [2.75, 3.05) is 37.4 Å². The van der Waals surface area contributed by atoms with Gasteiger partial charge in [0.15, 0.2) is 28.7 Å². The molecule has 9 rings (SSSR count). The van der Waals surface area contributed by atoms with Gasteiger partial charge in [0.2, 0.25) is 0 Å². The highest BCUT2D eigenvalue weighted by Crippen LogP contribution is 2.55. The lowest BCUT2D eigenvalue weighted by atomic mass is 9.63. The number of aryl methyl sites for hydroxylation is 1. The van der Waals surface area contributed by atoms with E-state index < -0.39 is 5.41 Å². The van der Waals surface area contributed by atoms with E-state index >= 15 is 0 Å². The summed E-state index contributed by atoms with van der Waals surface area (Å²) in [4.78, 5) is 30.6. The molecule has 0 unspecified atom stereocenters. The van der Waals surface area contributed by atoms with Crippen LogP contribution in [0, 0.1) is 11.3 Å². The topological polar surface area (TPSA) is 144 Å². The number of rotatable bonds is 4. The smallest absolute Gasteiger partial charge is 0.330 e. The van der Waals surface area contributed by atoms with Gasteiger partial charge in [-0.3, -0.25) is 9.13 Å². The molecule has 0 saturated carbocycles. The molecule has 1 spiro atoms. The summed E-state index contributed by atoms with van der Waals surface area (Å²) >= 11 is 1.54. The van der Waals surface area contributed by atoms with Gasteiger partial charge in [0.05, 0.1) is 29.7 Å². The highest BCUT2D eigenvalue weighted by Gasteiger charge is 2.49. The summed E-state index contributed by atoms with van der Waals surface area (Å²) in [5, 5.41) is 15.5. The Morgan fingerprint density at radius 3 is 2.72 bits per heavy atom. The Morgan fingerprint density at radius 2 is 1.98 bits per heavy atom. The van der Waals surface area contributed by atoms with Crippen LogP contribution in [0.1, 0.15) is 92.2 Å². The van der Waals surface area contributed by atoms with Crippen molar-refractivity contribution in [1.82, 2.24) is 29.2 Å². The molecule has 2 fully saturated rings. The summed E-state index contributed by atoms with van der Waals surface area (Å²) in [5.74, 6) is 2.12. The number of likely N-dealkylation sites (tertiary alicyclic amines) is 1. The maximum absolute atomic E-state index is 14.1. The molecule has 2 saturated heterocycles. The van der Waals surface area contributed by atoms with Crippen LogP contribution in [0.25, 0.3) is 22.7 Å². The van der Waals surface area contributed by atoms with E-state index in [-0.39, 0.29) is 23.9 Å². The van der Waals surface area contributed by atoms with E-state index in [0.29, 0.717) is 53.5 Å². The summed E-state index contributed by atoms with van der Waals surface area (Å²) in [5.41, 5.74) is 10.7. The highest BCUT2D eigenvalue weighted by molar-refractivity contribution is 7.16. The minimum absolute atomic E-state index is 0.0457. The van der Waals surface area contributed by atoms with Gasteiger partial charge in [-0.1, -0.05) is 5.16 Å². The van der Waals surface area contributed by atoms with Crippen LogP contribution in [0.2, 0.25) is 0 Å². The lowest BCUT2D eigenvalue weighted by molar-refractivity contribution is 0.120. The molecule has 13 heteroatoms. The molecule has 2 N–H and O–H groups in total. The van der Waals surface area contributed by atoms with Crippen molar-refractivity contribution >= 4 is 33.3 Å². The van der Waals surface area contributed by atoms with Crippen molar-refractivity contribution in [3.05, 3.63) is 37.8 Å². The highest BCUT2D eigenvalue weighted by atomic mass is 32.1. The van der Waals surface area contributed by atoms with Crippen molar-refractivity contribution in [2.45, 2.75) is 108 Å². The van der Waals surface area contributed by atoms with Gasteiger partial charge >= 0.3 is 5.69 Å². The summed E-state index contributed by atoms with van der Waals surface area (Å²) in [6.07, 6.45) is 8.59. The zero-order valence-electron chi connectivity index (χ0n) is 27.3. The number of nitrogen functional groups attached to an aromatic ring is 1. The van der Waals surface area contributed by atoms with Gasteiger partial charge < -0.3 is 24.8 Å². The minimum Gasteiger partial charge on any atom is -0.389 e. The van der Waals surface area contributed by atoms with Crippen molar-refractivity contribution in [3.63, 3.8) is 0 Å². The molecular formula is C34H41N9O3S. The molecule has 0 bridgehead atoms. The molecule has 0 amide bonds. The van der Waals surface area contributed by atoms with E-state index in [2.05, 4.69) is 36.8 Å². The SMILES string of the molecule is C[C@H]1C[C@@H](n2c(=O)n3c4c(nc(-c5noc6c5CCC[C@@]65CCCc6sc(N)c(C#N)c65)nc42)N([C@@H](C)[C@@H]2CCCN2C)CC3)CO1. The van der Waals surface area contributed by atoms with Crippen molar-refractivity contribution in [3.8, 4) is 17.6 Å². The zero-order valence-corrected chi connectivity index (χ0v) is 28.1. The number of imidazole rings is 1. The van der Waals surface area contributed by atoms with E-state index in [1.165, 1.54) is 11.3 Å². The average Bonchev–Trinajstić information content (AvgIpc) is 3.89. The van der Waals surface area contributed by atoms with Crippen LogP contribution in [0.15, 0.2) is 9.32 Å². The molecular weight excluding hydrogens is 615 g/mol. The predicted molar refractivity (Wildman–Crippen MR) is 179 cm³/mol. The Morgan fingerprint density at radius 1 is 1.15 bits per heavy atom. The Hall–Kier alpha value is -3.73. The molecule has 246 valence electrons. The number of fused-ring (bicyclic) bond motifs is 4. The Labute approximate surface area is 277 Å². The van der Waals surface area contributed by atoms with E-state index in [4.69, 9.17) is 30.1 Å². The maximum atomic E-state index is 14.1. The fourth-order valence-corrected chi connectivity index (χ4v) is 10.8. The number of likely N-dealkylation sites (N-methyl/N-ethyl adjacent to an activating group) is 1. The molecule has 7 heterocycles. The fourth-order valence-electron chi connectivity index (χ4n) is 9.65. The van der Waals surface area contributed by atoms with Crippen LogP contribution in [-0.4, -0.2) is 74.1 Å². The molecule has 4 aromatic rings. The summed E-state index contributed by atoms with van der Waals surface area (Å²) in [6, 6.07) is 2.93. The van der Waals surface area contributed by atoms with Crippen LogP contribution in [0.4, 0.5) is 10.8 Å². The molecule has 5 atom stereocenters. The number of nitrogens with zero attached hydrogens (tertiary/aromatic N) is 8. The van der Waals surface area contributed by atoms with Crippen LogP contribution in [0.3, 0.4) is 0 Å². The number of nitriles is 1. The second-order valence-corrected chi connectivity index (χ2v) is 15.5. The number of ether oxygens (including phenoxy) is 1. The normalized spacial score (nSPS) is 27.8. The minimum atomic E-state index is -0.430. The molecule has 47 heavy (non-hydrogen) atoms. The van der Waals surface area contributed by atoms with Crippen LogP contribution < -0.4 is 16.3 Å². The zero-order chi connectivity index (χ0) is 32.2. The van der Waals surface area contributed by atoms with E-state index in [1.807, 2.05) is 9.13 Å². The van der Waals surface area contributed by atoms with Crippen molar-refractivity contribution in [2.24, 2.45) is 0 Å². The average molecular weight is 656 g/mol. The number of nitrogens with two attached hydrogens (primary N) is 1. The van der Waals surface area contributed by atoms with Crippen LogP contribution >= 0.6 is 11.3 Å². The fraction of sp³-hybridized carbons (Fsp3) is 0.618. The number of aromatic nitrogens is 5. The molecule has 0 radical (unpaired) electrons. The lowest BCUT2D eigenvalue weighted by Gasteiger charge is -2.39. The molecule has 12 nitrogen and oxygen atoms in total. The van der Waals surface area contributed by atoms with Crippen LogP contribution in [0.5, 0.6) is 0 Å². The standard InChI is InChI=1S/C34H41N9O3S/c1-18-15-20(17-45-18)43-32-27-31(41(13-14-42(27)33(43)44)19(2)23-8-6-12-40(23)3)37-30(38-32)26-21-7-4-10-34(28(21)46-39-26)11-5-9-24-25(34)22(16-35)29(36)47-24/h18-20,23H,4-15,17,36H2,1-3H3/t18-,19-,20+,23-,34-/m0/s1. The first kappa shape index (κ1) is 29.4. The Kier molecular flexibility index (Phi) is 6.66. The van der Waals surface area contributed by atoms with Crippen molar-refractivity contribution < 1.29 is 9.26 Å². The molecule has 2 aliphatic carbocycles. The quantitative estimate of drug-likeness (QED) is 0.336. The summed E-state index contributed by atoms with van der Waals surface area (Å²) < 4.78 is 16.0. The maximum Gasteiger partial charge on any atom is 0.330 e. The van der Waals surface area contributed by atoms with Gasteiger partial charge in [-0.2, -0.15) is 5.26 Å². The second-order valence-electron chi connectivity index (χ2n) is 14.4. The second kappa shape index (κ2) is 10.6. The number of anilines is 2. The summed E-state index contributed by atoms with van der Waals surface area (Å²) in [7, 11) is 2.21. The summed E-state index contributed by atoms with van der Waals surface area (Å²) in [6.45, 7) is 7.22. The molecule has 0 aromatic carbocycles. The van der Waals surface area contributed by atoms with E-state index in [0.717, 1.165) is 86.1 Å². The number of thiophene rings is 1. The third-order valence-corrected chi connectivity index (χ3v) is 12.9. The Bertz CT molecular complexity index is 2010. The van der Waals surface area contributed by atoms with Gasteiger partial charge in [0.25, 0.3) is 0 Å². The predicted octanol–water partition coefficient (Wildman–Crippen LogP) is 4.37. The molecule has 3 aliphatic heterocycles. The van der Waals surface area contributed by atoms with Gasteiger partial charge in [-0.05, 0) is 90.8 Å². The largest absolute Gasteiger partial charge is 0.389 e. The molecule has 4 aromatic heterocycles. The molecule has 5 aliphatic rings. The van der Waals surface area contributed by atoms with Gasteiger partial charge in [-0.15, -0.1) is 11.3 Å². The number of hydrogen-bond donors (Lipinski definition) is 1.